The molecule has 2 aromatic heterocycles. The first-order chi connectivity index (χ1) is 25.2. The molecule has 14 nitrogen and oxygen atoms in total. The summed E-state index contributed by atoms with van der Waals surface area (Å²) >= 11 is 0. The number of aromatic amines is 1. The lowest BCUT2D eigenvalue weighted by Crippen LogP contribution is -2.53. The number of methoxy groups -OCH3 is 1. The van der Waals surface area contributed by atoms with E-state index in [1.807, 2.05) is 55.1 Å². The number of fused-ring (bicyclic) bond motifs is 1. The average Bonchev–Trinajstić information content (AvgIpc) is 3.84. The van der Waals surface area contributed by atoms with E-state index in [0.717, 1.165) is 77.0 Å². The zero-order valence-corrected chi connectivity index (χ0v) is 29.9. The van der Waals surface area contributed by atoms with Gasteiger partial charge in [-0.15, -0.1) is 0 Å². The van der Waals surface area contributed by atoms with Crippen molar-refractivity contribution in [1.29, 1.82) is 0 Å². The molecule has 5 rings (SSSR count). The predicted octanol–water partition coefficient (Wildman–Crippen LogP) is 4.59. The third-order valence-corrected chi connectivity index (χ3v) is 9.18. The van der Waals surface area contributed by atoms with Crippen molar-refractivity contribution < 1.29 is 23.9 Å². The summed E-state index contributed by atoms with van der Waals surface area (Å²) in [5, 5.41) is 12.3. The van der Waals surface area contributed by atoms with Gasteiger partial charge in [-0.25, -0.2) is 14.8 Å². The summed E-state index contributed by atoms with van der Waals surface area (Å²) in [5.74, 6) is 0.441. The maximum Gasteiger partial charge on any atom is 0.407 e. The lowest BCUT2D eigenvalue weighted by atomic mass is 10.0. The van der Waals surface area contributed by atoms with Crippen LogP contribution in [0, 0.1) is 5.92 Å². The molecule has 2 atom stereocenters. The summed E-state index contributed by atoms with van der Waals surface area (Å²) in [7, 11) is 1.29. The molecule has 2 aromatic carbocycles. The van der Waals surface area contributed by atoms with Gasteiger partial charge in [0.1, 0.15) is 11.9 Å². The Morgan fingerprint density at radius 2 is 1.92 bits per heavy atom. The van der Waals surface area contributed by atoms with Gasteiger partial charge in [0.05, 0.1) is 48.1 Å². The summed E-state index contributed by atoms with van der Waals surface area (Å²) in [5.41, 5.74) is 6.03. The van der Waals surface area contributed by atoms with Crippen molar-refractivity contribution >= 4 is 53.3 Å². The molecule has 0 saturated carbocycles. The van der Waals surface area contributed by atoms with Gasteiger partial charge in [-0.3, -0.25) is 19.4 Å². The summed E-state index contributed by atoms with van der Waals surface area (Å²) in [4.78, 5) is 66.2. The fourth-order valence-corrected chi connectivity index (χ4v) is 6.36. The predicted molar refractivity (Wildman–Crippen MR) is 201 cm³/mol. The van der Waals surface area contributed by atoms with Crippen LogP contribution in [0.5, 0.6) is 0 Å². The summed E-state index contributed by atoms with van der Waals surface area (Å²) in [6.07, 6.45) is 5.78. The highest BCUT2D eigenvalue weighted by Crippen LogP contribution is 2.33. The third-order valence-electron chi connectivity index (χ3n) is 9.18. The van der Waals surface area contributed by atoms with Gasteiger partial charge in [-0.2, -0.15) is 0 Å². The number of H-pyrrole nitrogens is 1. The molecule has 0 radical (unpaired) electrons. The van der Waals surface area contributed by atoms with E-state index in [1.165, 1.54) is 7.11 Å². The standard InChI is InChI=1S/C38H47N9O5/c1-24(2)36(46-38(51)52-4)37(50)47-17-7-8-28(47)20-42-32-19-26(11-14-30(32)39-3)25-10-13-29-27(18-25)12-15-31(44-29)33-21-43-34(45-33)9-5-6-16-41-35(49)22-40-23-48/h10-15,18-19,21,23-24,28,36,42H,3,5-9,16-17,20,22H2,1-2,4H3,(H,40,48)(H,41,49)(H,43,45)(H,46,51). The molecule has 5 N–H and O–H groups in total. The number of ether oxygens (including phenoxy) is 1. The number of carbonyl (C=O) groups is 4. The highest BCUT2D eigenvalue weighted by Gasteiger charge is 2.35. The van der Waals surface area contributed by atoms with E-state index in [9.17, 15) is 19.2 Å². The molecule has 0 spiro atoms. The van der Waals surface area contributed by atoms with Crippen molar-refractivity contribution in [1.82, 2.24) is 35.8 Å². The van der Waals surface area contributed by atoms with Crippen molar-refractivity contribution in [3.05, 3.63) is 60.6 Å². The Morgan fingerprint density at radius 1 is 1.12 bits per heavy atom. The molecule has 0 aliphatic carbocycles. The number of imidazole rings is 1. The normalized spacial score (nSPS) is 14.5. The Morgan fingerprint density at radius 3 is 2.69 bits per heavy atom. The number of alkyl carbamates (subject to hydrolysis) is 1. The number of benzene rings is 2. The number of aliphatic imine (C=N–C) groups is 1. The minimum absolute atomic E-state index is 0.0184. The molecule has 1 fully saturated rings. The number of anilines is 1. The number of aromatic nitrogens is 3. The summed E-state index contributed by atoms with van der Waals surface area (Å²) in [6, 6.07) is 15.5. The number of hydrogen-bond donors (Lipinski definition) is 5. The van der Waals surface area contributed by atoms with Gasteiger partial charge < -0.3 is 35.9 Å². The van der Waals surface area contributed by atoms with E-state index in [2.05, 4.69) is 55.1 Å². The van der Waals surface area contributed by atoms with Crippen LogP contribution in [0.3, 0.4) is 0 Å². The van der Waals surface area contributed by atoms with Gasteiger partial charge in [0.2, 0.25) is 18.2 Å². The average molecular weight is 710 g/mol. The Kier molecular flexibility index (Phi) is 12.9. The van der Waals surface area contributed by atoms with Crippen molar-refractivity contribution in [2.24, 2.45) is 10.9 Å². The molecule has 1 aliphatic heterocycles. The second kappa shape index (κ2) is 17.9. The number of unbranched alkanes of at least 4 members (excludes halogenated alkanes) is 1. The number of likely N-dealkylation sites (tertiary alicyclic amines) is 1. The van der Waals surface area contributed by atoms with E-state index in [0.29, 0.717) is 31.7 Å². The van der Waals surface area contributed by atoms with Crippen LogP contribution in [0.15, 0.2) is 59.7 Å². The lowest BCUT2D eigenvalue weighted by Gasteiger charge is -2.31. The molecule has 1 saturated heterocycles. The highest BCUT2D eigenvalue weighted by atomic mass is 16.5. The second-order valence-electron chi connectivity index (χ2n) is 13.1. The van der Waals surface area contributed by atoms with Crippen LogP contribution >= 0.6 is 0 Å². The molecular formula is C38H47N9O5. The largest absolute Gasteiger partial charge is 0.453 e. The molecule has 274 valence electrons. The number of nitrogens with zero attached hydrogens (tertiary/aromatic N) is 4. The van der Waals surface area contributed by atoms with E-state index in [-0.39, 0.29) is 30.3 Å². The Bertz CT molecular complexity index is 1890. The number of rotatable bonds is 17. The maximum absolute atomic E-state index is 13.5. The van der Waals surface area contributed by atoms with Crippen LogP contribution in [0.4, 0.5) is 16.2 Å². The number of aryl methyl sites for hydroxylation is 1. The highest BCUT2D eigenvalue weighted by molar-refractivity contribution is 5.88. The molecule has 0 bridgehead atoms. The number of pyridine rings is 1. The van der Waals surface area contributed by atoms with E-state index in [4.69, 9.17) is 9.72 Å². The van der Waals surface area contributed by atoms with Crippen molar-refractivity contribution in [2.45, 2.75) is 58.0 Å². The van der Waals surface area contributed by atoms with E-state index >= 15 is 0 Å². The molecule has 2 unspecified atom stereocenters. The zero-order chi connectivity index (χ0) is 37.0. The van der Waals surface area contributed by atoms with E-state index in [1.54, 1.807) is 6.20 Å². The first-order valence-corrected chi connectivity index (χ1v) is 17.6. The minimum atomic E-state index is -0.666. The van der Waals surface area contributed by atoms with Crippen LogP contribution in [0.2, 0.25) is 0 Å². The first kappa shape index (κ1) is 37.5. The third kappa shape index (κ3) is 9.50. The van der Waals surface area contributed by atoms with Gasteiger partial charge in [-0.05, 0) is 79.8 Å². The van der Waals surface area contributed by atoms with Crippen LogP contribution in [0.25, 0.3) is 33.4 Å². The van der Waals surface area contributed by atoms with Crippen LogP contribution in [-0.2, 0) is 25.5 Å². The molecule has 14 heteroatoms. The topological polar surface area (TPSA) is 183 Å². The molecule has 4 aromatic rings. The molecule has 3 heterocycles. The SMILES string of the molecule is C=Nc1ccc(-c2ccc3nc(-c4cnc(CCCCNC(=O)CNC=O)[nH]4)ccc3c2)cc1NCC1CCCN1C(=O)C(NC(=O)OC)C(C)C. The second-order valence-corrected chi connectivity index (χ2v) is 13.1. The Balaban J connectivity index is 1.22. The smallest absolute Gasteiger partial charge is 0.407 e. The molecule has 1 aliphatic rings. The first-order valence-electron chi connectivity index (χ1n) is 17.6. The Labute approximate surface area is 303 Å². The van der Waals surface area contributed by atoms with Crippen molar-refractivity contribution in [3.63, 3.8) is 0 Å². The van der Waals surface area contributed by atoms with Gasteiger partial charge in [0.25, 0.3) is 0 Å². The molecule has 4 amide bonds. The number of carbonyl (C=O) groups excluding carboxylic acids is 4. The minimum Gasteiger partial charge on any atom is -0.453 e. The van der Waals surface area contributed by atoms with Gasteiger partial charge in [0, 0.05) is 37.5 Å². The van der Waals surface area contributed by atoms with Crippen molar-refractivity contribution in [3.8, 4) is 22.5 Å². The van der Waals surface area contributed by atoms with Crippen LogP contribution in [0.1, 0.15) is 45.4 Å². The molecular weight excluding hydrogens is 662 g/mol. The molecule has 52 heavy (non-hydrogen) atoms. The van der Waals surface area contributed by atoms with Crippen LogP contribution < -0.4 is 21.3 Å². The van der Waals surface area contributed by atoms with Crippen LogP contribution in [-0.4, -0.2) is 96.3 Å². The monoisotopic (exact) mass is 709 g/mol. The van der Waals surface area contributed by atoms with Crippen molar-refractivity contribution in [2.75, 3.05) is 38.6 Å². The summed E-state index contributed by atoms with van der Waals surface area (Å²) < 4.78 is 4.75. The summed E-state index contributed by atoms with van der Waals surface area (Å²) in [6.45, 7) is 9.24. The van der Waals surface area contributed by atoms with Gasteiger partial charge in [0.15, 0.2) is 0 Å². The van der Waals surface area contributed by atoms with E-state index < -0.39 is 12.1 Å². The fourth-order valence-electron chi connectivity index (χ4n) is 6.36. The Hall–Kier alpha value is -5.79. The maximum atomic E-state index is 13.5. The quantitative estimate of drug-likeness (QED) is 0.0599. The van der Waals surface area contributed by atoms with Gasteiger partial charge >= 0.3 is 6.09 Å². The number of amides is 4. The zero-order valence-electron chi connectivity index (χ0n) is 29.9. The number of nitrogens with one attached hydrogen (secondary N) is 5. The number of hydrogen-bond acceptors (Lipinski definition) is 9. The lowest BCUT2D eigenvalue weighted by molar-refractivity contribution is -0.135. The van der Waals surface area contributed by atoms with Gasteiger partial charge in [-0.1, -0.05) is 32.0 Å². The fraction of sp³-hybridized carbons (Fsp3) is 0.395.